The van der Waals surface area contributed by atoms with Crippen LogP contribution in [0, 0.1) is 0 Å². The van der Waals surface area contributed by atoms with Crippen molar-refractivity contribution < 1.29 is 4.79 Å². The fourth-order valence-electron chi connectivity index (χ4n) is 1.16. The lowest BCUT2D eigenvalue weighted by Crippen LogP contribution is -1.89. The highest BCUT2D eigenvalue weighted by molar-refractivity contribution is 7.83. The first-order valence-corrected chi connectivity index (χ1v) is 6.25. The standard InChI is InChI=1S/C10H5Cl2NOS2/c11-6-3-1-5(2-4-6)9-13-7(8(12)14)10(15)16-9/h1-4,15H. The summed E-state index contributed by atoms with van der Waals surface area (Å²) < 4.78 is 0.518. The molecule has 1 aromatic heterocycles. The molecule has 0 atom stereocenters. The Morgan fingerprint density at radius 3 is 2.44 bits per heavy atom. The van der Waals surface area contributed by atoms with E-state index >= 15 is 0 Å². The Morgan fingerprint density at radius 2 is 1.94 bits per heavy atom. The van der Waals surface area contributed by atoms with E-state index in [9.17, 15) is 4.79 Å². The zero-order chi connectivity index (χ0) is 11.7. The highest BCUT2D eigenvalue weighted by Gasteiger charge is 2.14. The normalized spacial score (nSPS) is 10.4. The van der Waals surface area contributed by atoms with Crippen molar-refractivity contribution in [1.29, 1.82) is 0 Å². The van der Waals surface area contributed by atoms with Crippen LogP contribution in [-0.2, 0) is 0 Å². The molecule has 0 aliphatic heterocycles. The minimum absolute atomic E-state index is 0.194. The largest absolute Gasteiger partial charge is 0.274 e. The number of aromatic nitrogens is 1. The Kier molecular flexibility index (Phi) is 3.54. The smallest absolute Gasteiger partial charge is 0.272 e. The number of benzene rings is 1. The molecule has 0 amide bonds. The fraction of sp³-hybridized carbons (Fsp3) is 0. The lowest BCUT2D eigenvalue weighted by atomic mass is 10.2. The van der Waals surface area contributed by atoms with Gasteiger partial charge in [-0.2, -0.15) is 0 Å². The van der Waals surface area contributed by atoms with Crippen molar-refractivity contribution in [1.82, 2.24) is 4.98 Å². The maximum absolute atomic E-state index is 11.0. The van der Waals surface area contributed by atoms with Crippen molar-refractivity contribution in [2.24, 2.45) is 0 Å². The minimum atomic E-state index is -0.596. The van der Waals surface area contributed by atoms with Crippen molar-refractivity contribution in [3.63, 3.8) is 0 Å². The van der Waals surface area contributed by atoms with E-state index in [2.05, 4.69) is 17.6 Å². The predicted molar refractivity (Wildman–Crippen MR) is 70.0 cm³/mol. The Bertz CT molecular complexity index is 536. The first kappa shape index (κ1) is 11.9. The van der Waals surface area contributed by atoms with E-state index in [1.54, 1.807) is 12.1 Å². The third-order valence-electron chi connectivity index (χ3n) is 1.89. The van der Waals surface area contributed by atoms with Crippen LogP contribution in [0.2, 0.25) is 5.02 Å². The van der Waals surface area contributed by atoms with Crippen LogP contribution in [0.5, 0.6) is 0 Å². The molecule has 1 aromatic carbocycles. The molecule has 0 radical (unpaired) electrons. The molecule has 0 bridgehead atoms. The second-order valence-electron chi connectivity index (χ2n) is 2.95. The third-order valence-corrected chi connectivity index (χ3v) is 3.71. The van der Waals surface area contributed by atoms with E-state index in [-0.39, 0.29) is 5.69 Å². The quantitative estimate of drug-likeness (QED) is 0.665. The Morgan fingerprint density at radius 1 is 1.31 bits per heavy atom. The number of hydrogen-bond acceptors (Lipinski definition) is 4. The van der Waals surface area contributed by atoms with Gasteiger partial charge in [-0.1, -0.05) is 23.7 Å². The summed E-state index contributed by atoms with van der Waals surface area (Å²) in [6.45, 7) is 0. The zero-order valence-electron chi connectivity index (χ0n) is 7.78. The lowest BCUT2D eigenvalue weighted by Gasteiger charge is -1.94. The van der Waals surface area contributed by atoms with Gasteiger partial charge in [0.15, 0.2) is 0 Å². The van der Waals surface area contributed by atoms with Gasteiger partial charge in [-0.25, -0.2) is 4.98 Å². The number of carbonyl (C=O) groups excluding carboxylic acids is 1. The maximum Gasteiger partial charge on any atom is 0.272 e. The average Bonchev–Trinajstić information content (AvgIpc) is 2.61. The van der Waals surface area contributed by atoms with Crippen LogP contribution in [0.25, 0.3) is 10.6 Å². The van der Waals surface area contributed by atoms with Crippen LogP contribution in [0.4, 0.5) is 0 Å². The molecule has 0 spiro atoms. The van der Waals surface area contributed by atoms with E-state index in [1.165, 1.54) is 11.3 Å². The molecule has 16 heavy (non-hydrogen) atoms. The summed E-state index contributed by atoms with van der Waals surface area (Å²) in [5, 5.41) is 0.757. The molecule has 6 heteroatoms. The topological polar surface area (TPSA) is 30.0 Å². The van der Waals surface area contributed by atoms with E-state index in [1.807, 2.05) is 12.1 Å². The van der Waals surface area contributed by atoms with Crippen molar-refractivity contribution in [3.8, 4) is 10.6 Å². The number of nitrogens with zero attached hydrogens (tertiary/aromatic N) is 1. The van der Waals surface area contributed by atoms with E-state index < -0.39 is 5.24 Å². The summed E-state index contributed by atoms with van der Waals surface area (Å²) >= 11 is 16.6. The molecule has 0 aliphatic carbocycles. The maximum atomic E-state index is 11.0. The third kappa shape index (κ3) is 2.40. The number of hydrogen-bond donors (Lipinski definition) is 1. The van der Waals surface area contributed by atoms with Crippen LogP contribution >= 0.6 is 47.2 Å². The molecule has 0 N–H and O–H groups in total. The van der Waals surface area contributed by atoms with E-state index in [0.717, 1.165) is 5.56 Å². The van der Waals surface area contributed by atoms with Gasteiger partial charge < -0.3 is 0 Å². The summed E-state index contributed by atoms with van der Waals surface area (Å²) in [6, 6.07) is 7.19. The van der Waals surface area contributed by atoms with E-state index in [0.29, 0.717) is 14.2 Å². The van der Waals surface area contributed by atoms with Crippen LogP contribution in [-0.4, -0.2) is 10.2 Å². The Hall–Kier alpha value is -0.550. The van der Waals surface area contributed by atoms with Gasteiger partial charge in [0.1, 0.15) is 10.7 Å². The number of thiol groups is 1. The van der Waals surface area contributed by atoms with Gasteiger partial charge >= 0.3 is 0 Å². The van der Waals surface area contributed by atoms with Gasteiger partial charge in [-0.15, -0.1) is 24.0 Å². The highest BCUT2D eigenvalue weighted by atomic mass is 35.5. The molecule has 2 rings (SSSR count). The molecule has 1 heterocycles. The summed E-state index contributed by atoms with van der Waals surface area (Å²) in [5.41, 5.74) is 1.08. The predicted octanol–water partition coefficient (Wildman–Crippen LogP) is 4.13. The van der Waals surface area contributed by atoms with E-state index in [4.69, 9.17) is 23.2 Å². The molecule has 2 nitrogen and oxygen atoms in total. The summed E-state index contributed by atoms with van der Waals surface area (Å²) in [5.74, 6) is 0. The molecule has 0 saturated heterocycles. The number of halogens is 2. The molecular weight excluding hydrogens is 285 g/mol. The van der Waals surface area contributed by atoms with Gasteiger partial charge in [-0.3, -0.25) is 4.79 Å². The summed E-state index contributed by atoms with van der Waals surface area (Å²) in [7, 11) is 0. The zero-order valence-corrected chi connectivity index (χ0v) is 11.0. The minimum Gasteiger partial charge on any atom is -0.274 e. The first-order valence-electron chi connectivity index (χ1n) is 4.23. The van der Waals surface area contributed by atoms with Crippen LogP contribution < -0.4 is 0 Å². The number of thiazole rings is 1. The van der Waals surface area contributed by atoms with Gasteiger partial charge in [0, 0.05) is 10.6 Å². The Balaban J connectivity index is 2.45. The second-order valence-corrected chi connectivity index (χ2v) is 5.48. The monoisotopic (exact) mass is 289 g/mol. The van der Waals surface area contributed by atoms with Gasteiger partial charge in [0.2, 0.25) is 0 Å². The molecule has 2 aromatic rings. The van der Waals surface area contributed by atoms with Gasteiger partial charge in [0.05, 0.1) is 4.21 Å². The van der Waals surface area contributed by atoms with Crippen molar-refractivity contribution in [2.45, 2.75) is 4.21 Å². The van der Waals surface area contributed by atoms with Crippen molar-refractivity contribution >= 4 is 52.4 Å². The number of rotatable bonds is 2. The van der Waals surface area contributed by atoms with Crippen LogP contribution in [0.1, 0.15) is 10.5 Å². The average molecular weight is 290 g/mol. The van der Waals surface area contributed by atoms with Gasteiger partial charge in [0.25, 0.3) is 5.24 Å². The molecule has 0 aliphatic rings. The Labute approximate surface area is 112 Å². The lowest BCUT2D eigenvalue weighted by molar-refractivity contribution is 0.107. The molecular formula is C10H5Cl2NOS2. The first-order chi connectivity index (χ1) is 7.58. The van der Waals surface area contributed by atoms with Crippen molar-refractivity contribution in [2.75, 3.05) is 0 Å². The fourth-order valence-corrected chi connectivity index (χ4v) is 2.76. The summed E-state index contributed by atoms with van der Waals surface area (Å²) in [6.07, 6.45) is 0. The van der Waals surface area contributed by atoms with Crippen molar-refractivity contribution in [3.05, 3.63) is 35.0 Å². The van der Waals surface area contributed by atoms with Crippen LogP contribution in [0.15, 0.2) is 28.5 Å². The SMILES string of the molecule is O=C(Cl)c1nc(-c2ccc(Cl)cc2)sc1S. The molecule has 0 unspecified atom stereocenters. The molecule has 0 saturated carbocycles. The number of carbonyl (C=O) groups is 1. The van der Waals surface area contributed by atoms with Gasteiger partial charge in [-0.05, 0) is 23.7 Å². The summed E-state index contributed by atoms with van der Waals surface area (Å²) in [4.78, 5) is 15.1. The second kappa shape index (κ2) is 4.75. The highest BCUT2D eigenvalue weighted by Crippen LogP contribution is 2.31. The molecule has 82 valence electrons. The van der Waals surface area contributed by atoms with Crippen LogP contribution in [0.3, 0.4) is 0 Å². The molecule has 0 fully saturated rings.